The molecule has 0 aromatic carbocycles. The number of alkyl halides is 5. The number of pyridine rings is 1. The molecule has 0 amide bonds. The fourth-order valence-corrected chi connectivity index (χ4v) is 1.70. The summed E-state index contributed by atoms with van der Waals surface area (Å²) >= 11 is 1.56. The molecule has 0 N–H and O–H groups in total. The fraction of sp³-hybridized carbons (Fsp3) is 0.333. The van der Waals surface area contributed by atoms with E-state index in [2.05, 4.69) is 9.72 Å². The average Bonchev–Trinajstić information content (AvgIpc) is 2.20. The van der Waals surface area contributed by atoms with E-state index >= 15 is 0 Å². The molecule has 1 heterocycles. The molecule has 0 aliphatic rings. The molecule has 1 aromatic heterocycles. The van der Waals surface area contributed by atoms with Gasteiger partial charge in [-0.1, -0.05) is 0 Å². The second-order valence-corrected chi connectivity index (χ2v) is 4.03. The van der Waals surface area contributed by atoms with Gasteiger partial charge in [-0.05, 0) is 28.7 Å². The monoisotopic (exact) mass is 378 g/mol. The minimum absolute atomic E-state index is 0.0407. The molecule has 9 heteroatoms. The lowest BCUT2D eigenvalue weighted by atomic mass is 10.2. The van der Waals surface area contributed by atoms with Gasteiger partial charge < -0.3 is 4.74 Å². The number of rotatable bonds is 3. The van der Waals surface area contributed by atoms with Crippen molar-refractivity contribution in [1.82, 2.24) is 4.98 Å². The predicted octanol–water partition coefficient (Wildman–Crippen LogP) is 3.59. The van der Waals surface area contributed by atoms with Crippen molar-refractivity contribution in [2.24, 2.45) is 0 Å². The normalized spacial score (nSPS) is 11.4. The first kappa shape index (κ1) is 14.9. The fourth-order valence-electron chi connectivity index (χ4n) is 1.10. The molecule has 0 atom stereocenters. The average molecular weight is 378 g/mol. The van der Waals surface area contributed by atoms with Gasteiger partial charge in [0.25, 0.3) is 6.43 Å². The van der Waals surface area contributed by atoms with E-state index in [4.69, 9.17) is 5.26 Å². The number of hydrogen-bond acceptors (Lipinski definition) is 3. The van der Waals surface area contributed by atoms with Gasteiger partial charge in [0.1, 0.15) is 9.39 Å². The number of nitriles is 1. The van der Waals surface area contributed by atoms with E-state index in [1.165, 1.54) is 0 Å². The molecule has 0 unspecified atom stereocenters. The molecule has 98 valence electrons. The maximum absolute atomic E-state index is 12.5. The largest absolute Gasteiger partial charge is 0.573 e. The summed E-state index contributed by atoms with van der Waals surface area (Å²) in [6.45, 7) is 0. The number of hydrogen-bond donors (Lipinski definition) is 0. The molecule has 3 nitrogen and oxygen atoms in total. The highest BCUT2D eigenvalue weighted by atomic mass is 127. The van der Waals surface area contributed by atoms with Crippen LogP contribution in [0.5, 0.6) is 5.75 Å². The maximum Gasteiger partial charge on any atom is 0.573 e. The molecule has 1 aromatic rings. The van der Waals surface area contributed by atoms with Crippen LogP contribution in [0.3, 0.4) is 0 Å². The molecular weight excluding hydrogens is 374 g/mol. The summed E-state index contributed by atoms with van der Waals surface area (Å²) in [5.41, 5.74) is -1.000. The summed E-state index contributed by atoms with van der Waals surface area (Å²) in [4.78, 5) is 3.34. The summed E-state index contributed by atoms with van der Waals surface area (Å²) in [6.07, 6.45) is -8.54. The van der Waals surface area contributed by atoms with Crippen LogP contribution in [0.4, 0.5) is 22.0 Å². The van der Waals surface area contributed by atoms with Crippen molar-refractivity contribution in [1.29, 1.82) is 5.26 Å². The first-order valence-corrected chi connectivity index (χ1v) is 5.42. The van der Waals surface area contributed by atoms with Gasteiger partial charge >= 0.3 is 6.36 Å². The zero-order valence-electron chi connectivity index (χ0n) is 8.43. The smallest absolute Gasteiger partial charge is 0.404 e. The second-order valence-electron chi connectivity index (χ2n) is 3.01. The zero-order valence-corrected chi connectivity index (χ0v) is 10.6. The van der Waals surface area contributed by atoms with Crippen LogP contribution < -0.4 is 4.74 Å². The zero-order chi connectivity index (χ0) is 13.9. The van der Waals surface area contributed by atoms with E-state index in [9.17, 15) is 22.0 Å². The van der Waals surface area contributed by atoms with Gasteiger partial charge in [0, 0.05) is 5.56 Å². The van der Waals surface area contributed by atoms with E-state index in [1.54, 1.807) is 28.7 Å². The lowest BCUT2D eigenvalue weighted by Crippen LogP contribution is -2.19. The molecule has 0 spiro atoms. The van der Waals surface area contributed by atoms with Crippen molar-refractivity contribution in [3.63, 3.8) is 0 Å². The third kappa shape index (κ3) is 3.94. The molecule has 1 rings (SSSR count). The first-order chi connectivity index (χ1) is 8.24. The Labute approximate surface area is 112 Å². The van der Waals surface area contributed by atoms with E-state index in [-0.39, 0.29) is 15.7 Å². The summed E-state index contributed by atoms with van der Waals surface area (Å²) in [5, 5.41) is 8.45. The molecule has 0 saturated carbocycles. The van der Waals surface area contributed by atoms with Crippen LogP contribution >= 0.6 is 22.6 Å². The summed E-state index contributed by atoms with van der Waals surface area (Å²) in [5.74, 6) is -1.08. The van der Waals surface area contributed by atoms with Gasteiger partial charge in [-0.2, -0.15) is 5.26 Å². The van der Waals surface area contributed by atoms with Gasteiger partial charge in [0.2, 0.25) is 0 Å². The Hall–Kier alpha value is -1.18. The Kier molecular flexibility index (Phi) is 4.66. The second kappa shape index (κ2) is 5.64. The van der Waals surface area contributed by atoms with Gasteiger partial charge in [0.05, 0.1) is 12.5 Å². The van der Waals surface area contributed by atoms with Crippen molar-refractivity contribution in [3.05, 3.63) is 21.0 Å². The van der Waals surface area contributed by atoms with Crippen LogP contribution in [0, 0.1) is 15.0 Å². The number of halogens is 6. The molecule has 0 radical (unpaired) electrons. The highest BCUT2D eigenvalue weighted by Gasteiger charge is 2.34. The van der Waals surface area contributed by atoms with E-state index in [0.717, 1.165) is 6.07 Å². The topological polar surface area (TPSA) is 45.9 Å². The van der Waals surface area contributed by atoms with Gasteiger partial charge in [0.15, 0.2) is 5.75 Å². The summed E-state index contributed by atoms with van der Waals surface area (Å²) in [6, 6.07) is 2.45. The van der Waals surface area contributed by atoms with Crippen molar-refractivity contribution in [2.75, 3.05) is 0 Å². The Morgan fingerprint density at radius 3 is 2.50 bits per heavy atom. The third-order valence-corrected chi connectivity index (χ3v) is 2.68. The Morgan fingerprint density at radius 2 is 2.06 bits per heavy atom. The van der Waals surface area contributed by atoms with Gasteiger partial charge in [-0.15, -0.1) is 13.2 Å². The van der Waals surface area contributed by atoms with Crippen molar-refractivity contribution < 1.29 is 26.7 Å². The molecule has 0 aliphatic carbocycles. The quantitative estimate of drug-likeness (QED) is 0.459. The number of nitrogens with zero attached hydrogens (tertiary/aromatic N) is 2. The van der Waals surface area contributed by atoms with Crippen LogP contribution in [0.25, 0.3) is 0 Å². The number of ether oxygens (including phenoxy) is 1. The SMILES string of the molecule is N#CCc1cc(OC(F)(F)F)c(C(F)F)nc1I. The molecule has 0 aliphatic heterocycles. The lowest BCUT2D eigenvalue weighted by Gasteiger charge is -2.14. The molecule has 0 fully saturated rings. The van der Waals surface area contributed by atoms with Crippen LogP contribution in [-0.2, 0) is 6.42 Å². The highest BCUT2D eigenvalue weighted by Crippen LogP contribution is 2.33. The minimum atomic E-state index is -5.10. The molecule has 0 bridgehead atoms. The maximum atomic E-state index is 12.5. The third-order valence-electron chi connectivity index (χ3n) is 1.74. The molecular formula is C9H4F5IN2O. The highest BCUT2D eigenvalue weighted by molar-refractivity contribution is 14.1. The Bertz CT molecular complexity index is 483. The summed E-state index contributed by atoms with van der Waals surface area (Å²) in [7, 11) is 0. The van der Waals surface area contributed by atoms with Gasteiger partial charge in [-0.25, -0.2) is 13.8 Å². The van der Waals surface area contributed by atoms with Crippen LogP contribution in [0.2, 0.25) is 0 Å². The number of aromatic nitrogens is 1. The van der Waals surface area contributed by atoms with E-state index in [1.807, 2.05) is 0 Å². The van der Waals surface area contributed by atoms with Crippen molar-refractivity contribution >= 4 is 22.6 Å². The first-order valence-electron chi connectivity index (χ1n) is 4.34. The van der Waals surface area contributed by atoms with Crippen LogP contribution in [-0.4, -0.2) is 11.3 Å². The molecule has 18 heavy (non-hydrogen) atoms. The van der Waals surface area contributed by atoms with E-state index in [0.29, 0.717) is 0 Å². The van der Waals surface area contributed by atoms with Crippen LogP contribution in [0.15, 0.2) is 6.07 Å². The van der Waals surface area contributed by atoms with Crippen LogP contribution in [0.1, 0.15) is 17.7 Å². The summed E-state index contributed by atoms with van der Waals surface area (Å²) < 4.78 is 64.7. The molecule has 0 saturated heterocycles. The Balaban J connectivity index is 3.27. The predicted molar refractivity (Wildman–Crippen MR) is 57.9 cm³/mol. The Morgan fingerprint density at radius 1 is 1.44 bits per heavy atom. The standard InChI is InChI=1S/C9H4F5IN2O/c10-7(11)6-5(18-9(12,13)14)3-4(1-2-16)8(15)17-6/h3,7H,1H2. The van der Waals surface area contributed by atoms with Crippen molar-refractivity contribution in [3.8, 4) is 11.8 Å². The van der Waals surface area contributed by atoms with Crippen molar-refractivity contribution in [2.45, 2.75) is 19.2 Å². The van der Waals surface area contributed by atoms with Gasteiger partial charge in [-0.3, -0.25) is 0 Å². The lowest BCUT2D eigenvalue weighted by molar-refractivity contribution is -0.275. The van der Waals surface area contributed by atoms with E-state index < -0.39 is 24.2 Å². The minimum Gasteiger partial charge on any atom is -0.404 e.